The molecule has 0 atom stereocenters. The van der Waals surface area contributed by atoms with Gasteiger partial charge in [-0.15, -0.1) is 16.4 Å². The van der Waals surface area contributed by atoms with Crippen molar-refractivity contribution in [1.29, 1.82) is 0 Å². The van der Waals surface area contributed by atoms with Crippen LogP contribution in [0.1, 0.15) is 27.9 Å². The molecule has 0 aliphatic rings. The van der Waals surface area contributed by atoms with Crippen LogP contribution in [0, 0.1) is 6.92 Å². The van der Waals surface area contributed by atoms with Crippen LogP contribution < -0.4 is 5.32 Å². The van der Waals surface area contributed by atoms with Crippen LogP contribution in [0.4, 0.5) is 5.00 Å². The van der Waals surface area contributed by atoms with Crippen LogP contribution >= 0.6 is 11.3 Å². The number of nitrogens with zero attached hydrogens (tertiary/aromatic N) is 4. The predicted molar refractivity (Wildman–Crippen MR) is 120 cm³/mol. The Kier molecular flexibility index (Phi) is 6.22. The Hall–Kier alpha value is -4.05. The average Bonchev–Trinajstić information content (AvgIpc) is 3.54. The summed E-state index contributed by atoms with van der Waals surface area (Å²) in [5.41, 5.74) is 1.60. The summed E-state index contributed by atoms with van der Waals surface area (Å²) in [6.45, 7) is 3.80. The highest BCUT2D eigenvalue weighted by Gasteiger charge is 2.22. The van der Waals surface area contributed by atoms with Crippen LogP contribution in [0.3, 0.4) is 0 Å². The van der Waals surface area contributed by atoms with Crippen LogP contribution in [0.25, 0.3) is 23.2 Å². The van der Waals surface area contributed by atoms with E-state index in [1.54, 1.807) is 38.1 Å². The summed E-state index contributed by atoms with van der Waals surface area (Å²) in [6.07, 6.45) is 3.05. The summed E-state index contributed by atoms with van der Waals surface area (Å²) in [4.78, 5) is 25.8. The molecule has 3 heterocycles. The Labute approximate surface area is 187 Å². The lowest BCUT2D eigenvalue weighted by Crippen LogP contribution is -2.19. The van der Waals surface area contributed by atoms with Crippen molar-refractivity contribution in [3.63, 3.8) is 0 Å². The van der Waals surface area contributed by atoms with Crippen LogP contribution in [0.5, 0.6) is 0 Å². The molecule has 162 valence electrons. The van der Waals surface area contributed by atoms with Gasteiger partial charge in [0.05, 0.1) is 17.9 Å². The number of carbonyl (C=O) groups excluding carboxylic acids is 2. The van der Waals surface area contributed by atoms with Crippen molar-refractivity contribution in [3.05, 3.63) is 71.0 Å². The van der Waals surface area contributed by atoms with E-state index in [9.17, 15) is 9.59 Å². The van der Waals surface area contributed by atoms with Gasteiger partial charge in [0, 0.05) is 11.6 Å². The first-order valence-electron chi connectivity index (χ1n) is 9.75. The molecule has 0 saturated carbocycles. The van der Waals surface area contributed by atoms with E-state index in [-0.39, 0.29) is 12.3 Å². The van der Waals surface area contributed by atoms with Gasteiger partial charge in [-0.05, 0) is 48.0 Å². The highest BCUT2D eigenvalue weighted by molar-refractivity contribution is 7.18. The third kappa shape index (κ3) is 4.49. The maximum Gasteiger partial charge on any atom is 0.348 e. The molecule has 0 unspecified atom stereocenters. The number of furan rings is 1. The van der Waals surface area contributed by atoms with Gasteiger partial charge in [-0.25, -0.2) is 4.79 Å². The average molecular weight is 449 g/mol. The summed E-state index contributed by atoms with van der Waals surface area (Å²) >= 11 is 1.14. The molecule has 1 aromatic carbocycles. The van der Waals surface area contributed by atoms with E-state index in [1.807, 2.05) is 30.3 Å². The number of carbonyl (C=O) groups is 2. The van der Waals surface area contributed by atoms with Crippen LogP contribution in [-0.2, 0) is 9.53 Å². The number of anilines is 1. The highest BCUT2D eigenvalue weighted by atomic mass is 32.1. The van der Waals surface area contributed by atoms with E-state index in [4.69, 9.17) is 9.15 Å². The van der Waals surface area contributed by atoms with Crippen LogP contribution in [-0.4, -0.2) is 38.7 Å². The number of aromatic nitrogens is 4. The van der Waals surface area contributed by atoms with Gasteiger partial charge in [-0.1, -0.05) is 30.3 Å². The number of nitrogens with one attached hydrogen (secondary N) is 1. The number of rotatable bonds is 7. The van der Waals surface area contributed by atoms with Crippen molar-refractivity contribution in [3.8, 4) is 11.4 Å². The predicted octanol–water partition coefficient (Wildman–Crippen LogP) is 4.12. The Balaban J connectivity index is 1.69. The van der Waals surface area contributed by atoms with E-state index < -0.39 is 11.9 Å². The van der Waals surface area contributed by atoms with Gasteiger partial charge in [-0.2, -0.15) is 4.68 Å². The number of hydrogen-bond donors (Lipinski definition) is 1. The van der Waals surface area contributed by atoms with E-state index >= 15 is 0 Å². The van der Waals surface area contributed by atoms with Crippen molar-refractivity contribution < 1.29 is 18.7 Å². The lowest BCUT2D eigenvalue weighted by atomic mass is 10.2. The van der Waals surface area contributed by atoms with E-state index in [2.05, 4.69) is 20.8 Å². The van der Waals surface area contributed by atoms with Crippen LogP contribution in [0.15, 0.2) is 59.2 Å². The van der Waals surface area contributed by atoms with Gasteiger partial charge in [0.1, 0.15) is 16.3 Å². The van der Waals surface area contributed by atoms with Crippen molar-refractivity contribution in [2.75, 3.05) is 11.9 Å². The standard InChI is InChI=1S/C22H19N5O4S/c1-3-30-22(29)19-14(2)12-18(32-19)23-21(28)17(13-16-10-7-11-31-16)27-20(24-25-26-27)15-8-5-4-6-9-15/h4-13H,3H2,1-2H3,(H,23,28)/b17-13-. The molecule has 0 saturated heterocycles. The summed E-state index contributed by atoms with van der Waals surface area (Å²) in [7, 11) is 0. The number of thiophene rings is 1. The molecule has 10 heteroatoms. The van der Waals surface area contributed by atoms with Gasteiger partial charge in [0.2, 0.25) is 0 Å². The molecule has 9 nitrogen and oxygen atoms in total. The number of esters is 1. The number of ether oxygens (including phenoxy) is 1. The second-order valence-corrected chi connectivity index (χ2v) is 7.67. The smallest absolute Gasteiger partial charge is 0.348 e. The molecular weight excluding hydrogens is 430 g/mol. The minimum absolute atomic E-state index is 0.146. The van der Waals surface area contributed by atoms with Gasteiger partial charge in [-0.3, -0.25) is 4.79 Å². The Morgan fingerprint density at radius 1 is 1.22 bits per heavy atom. The Morgan fingerprint density at radius 3 is 2.75 bits per heavy atom. The number of aryl methyl sites for hydroxylation is 1. The molecule has 0 spiro atoms. The topological polar surface area (TPSA) is 112 Å². The normalized spacial score (nSPS) is 11.4. The lowest BCUT2D eigenvalue weighted by molar-refractivity contribution is -0.111. The molecule has 1 N–H and O–H groups in total. The van der Waals surface area contributed by atoms with Gasteiger partial charge in [0.15, 0.2) is 5.82 Å². The maximum absolute atomic E-state index is 13.3. The first-order chi connectivity index (χ1) is 15.6. The SMILES string of the molecule is CCOC(=O)c1sc(NC(=O)/C(=C/c2ccco2)n2nnnc2-c2ccccc2)cc1C. The summed E-state index contributed by atoms with van der Waals surface area (Å²) < 4.78 is 11.8. The zero-order chi connectivity index (χ0) is 22.5. The van der Waals surface area contributed by atoms with E-state index in [1.165, 1.54) is 10.9 Å². The maximum atomic E-state index is 13.3. The summed E-state index contributed by atoms with van der Waals surface area (Å²) in [5, 5.41) is 15.2. The van der Waals surface area contributed by atoms with Gasteiger partial charge < -0.3 is 14.5 Å². The Bertz CT molecular complexity index is 1260. The molecule has 0 aliphatic carbocycles. The first kappa shape index (κ1) is 21.2. The fourth-order valence-electron chi connectivity index (χ4n) is 2.97. The first-order valence-corrected chi connectivity index (χ1v) is 10.6. The quantitative estimate of drug-likeness (QED) is 0.334. The monoisotopic (exact) mass is 449 g/mol. The molecule has 0 bridgehead atoms. The number of tetrazole rings is 1. The van der Waals surface area contributed by atoms with E-state index in [0.29, 0.717) is 27.0 Å². The molecular formula is C22H19N5O4S. The number of benzene rings is 1. The van der Waals surface area contributed by atoms with Gasteiger partial charge in [0.25, 0.3) is 5.91 Å². The minimum Gasteiger partial charge on any atom is -0.465 e. The third-order valence-corrected chi connectivity index (χ3v) is 5.53. The van der Waals surface area contributed by atoms with Crippen LogP contribution in [0.2, 0.25) is 0 Å². The van der Waals surface area contributed by atoms with Crippen molar-refractivity contribution >= 4 is 40.0 Å². The lowest BCUT2D eigenvalue weighted by Gasteiger charge is -2.09. The molecule has 4 aromatic rings. The zero-order valence-electron chi connectivity index (χ0n) is 17.3. The molecule has 0 fully saturated rings. The molecule has 3 aromatic heterocycles. The molecule has 32 heavy (non-hydrogen) atoms. The summed E-state index contributed by atoms with van der Waals surface area (Å²) in [6, 6.07) is 14.4. The minimum atomic E-state index is -0.470. The van der Waals surface area contributed by atoms with Crippen molar-refractivity contribution in [2.24, 2.45) is 0 Å². The molecule has 0 radical (unpaired) electrons. The van der Waals surface area contributed by atoms with Crippen molar-refractivity contribution in [1.82, 2.24) is 20.2 Å². The fraction of sp³-hybridized carbons (Fsp3) is 0.136. The fourth-order valence-corrected chi connectivity index (χ4v) is 3.93. The van der Waals surface area contributed by atoms with E-state index in [0.717, 1.165) is 16.9 Å². The molecule has 0 aliphatic heterocycles. The second-order valence-electron chi connectivity index (χ2n) is 6.62. The largest absolute Gasteiger partial charge is 0.465 e. The van der Waals surface area contributed by atoms with Crippen molar-refractivity contribution in [2.45, 2.75) is 13.8 Å². The number of hydrogen-bond acceptors (Lipinski definition) is 8. The third-order valence-electron chi connectivity index (χ3n) is 4.40. The Morgan fingerprint density at radius 2 is 2.03 bits per heavy atom. The molecule has 1 amide bonds. The number of amides is 1. The second kappa shape index (κ2) is 9.40. The zero-order valence-corrected chi connectivity index (χ0v) is 18.1. The molecule has 4 rings (SSSR count). The van der Waals surface area contributed by atoms with Gasteiger partial charge >= 0.3 is 5.97 Å². The summed E-state index contributed by atoms with van der Waals surface area (Å²) in [5.74, 6) is -0.0383. The highest BCUT2D eigenvalue weighted by Crippen LogP contribution is 2.29.